The number of hydrogen-bond donors (Lipinski definition) is 4. The number of esters is 1. The normalized spacial score (nSPS) is 19.2. The van der Waals surface area contributed by atoms with Gasteiger partial charge in [-0.05, 0) is 54.8 Å². The molecule has 0 aliphatic carbocycles. The standard InChI is InChI=1S/C33H34N4O9/c1-19-12-22(13-20(2)30(19)42)31(43)35-24-15-36(28(40)17-38)25-10-6-7-11-26(25)37(32(24)44)16-27(39)34-23-14-29(41)46-33(23)45-18-21-8-4-3-5-9-21/h3-13,23-24,33,38,42H,14-18H2,1-2H3,(H,34,39)(H,35,43)/t23?,24-,33?/m0/s1. The SMILES string of the molecule is Cc1cc(C(=O)N[C@H]2CN(C(=O)CO)c3ccccc3N(CC(=O)NC3CC(=O)OC3OCc3ccccc3)C2=O)cc(C)c1O. The molecule has 13 heteroatoms. The molecule has 0 spiro atoms. The van der Waals surface area contributed by atoms with Crippen LogP contribution in [-0.2, 0) is 35.3 Å². The van der Waals surface area contributed by atoms with E-state index in [1.807, 2.05) is 30.3 Å². The summed E-state index contributed by atoms with van der Waals surface area (Å²) in [7, 11) is 0. The van der Waals surface area contributed by atoms with Gasteiger partial charge in [0.15, 0.2) is 0 Å². The number of ether oxygens (including phenoxy) is 2. The van der Waals surface area contributed by atoms with Crippen LogP contribution in [0.3, 0.4) is 0 Å². The highest BCUT2D eigenvalue weighted by Crippen LogP contribution is 2.33. The van der Waals surface area contributed by atoms with E-state index in [0.29, 0.717) is 11.1 Å². The number of amides is 4. The zero-order chi connectivity index (χ0) is 33.0. The number of aliphatic hydroxyl groups is 1. The maximum absolute atomic E-state index is 14.1. The molecule has 4 N–H and O–H groups in total. The van der Waals surface area contributed by atoms with Crippen LogP contribution in [0.25, 0.3) is 0 Å². The number of hydrogen-bond acceptors (Lipinski definition) is 9. The Kier molecular flexibility index (Phi) is 9.64. The van der Waals surface area contributed by atoms with Gasteiger partial charge in [-0.3, -0.25) is 28.9 Å². The zero-order valence-corrected chi connectivity index (χ0v) is 25.3. The predicted octanol–water partition coefficient (Wildman–Crippen LogP) is 1.45. The number of phenols is 1. The molecule has 3 aromatic carbocycles. The molecule has 5 rings (SSSR count). The van der Waals surface area contributed by atoms with Crippen LogP contribution in [0.2, 0.25) is 0 Å². The van der Waals surface area contributed by atoms with Crippen molar-refractivity contribution in [3.05, 3.63) is 89.0 Å². The van der Waals surface area contributed by atoms with E-state index in [1.54, 1.807) is 38.1 Å². The quantitative estimate of drug-likeness (QED) is 0.255. The summed E-state index contributed by atoms with van der Waals surface area (Å²) in [6, 6.07) is 16.4. The van der Waals surface area contributed by atoms with E-state index >= 15 is 0 Å². The average molecular weight is 631 g/mol. The summed E-state index contributed by atoms with van der Waals surface area (Å²) in [5.41, 5.74) is 2.39. The van der Waals surface area contributed by atoms with Crippen LogP contribution in [0.15, 0.2) is 66.7 Å². The second-order valence-electron chi connectivity index (χ2n) is 11.1. The van der Waals surface area contributed by atoms with Gasteiger partial charge in [0.05, 0.1) is 30.9 Å². The number of fused-ring (bicyclic) bond motifs is 1. The molecule has 0 radical (unpaired) electrons. The molecule has 46 heavy (non-hydrogen) atoms. The first kappa shape index (κ1) is 32.1. The van der Waals surface area contributed by atoms with Crippen molar-refractivity contribution in [1.29, 1.82) is 0 Å². The number of benzene rings is 3. The fraction of sp³-hybridized carbons (Fsp3) is 0.303. The molecule has 2 aliphatic rings. The third-order valence-corrected chi connectivity index (χ3v) is 7.76. The summed E-state index contributed by atoms with van der Waals surface area (Å²) in [4.78, 5) is 68.2. The Bertz CT molecular complexity index is 1640. The largest absolute Gasteiger partial charge is 0.507 e. The fourth-order valence-corrected chi connectivity index (χ4v) is 5.46. The molecule has 0 aromatic heterocycles. The Morgan fingerprint density at radius 1 is 0.957 bits per heavy atom. The van der Waals surface area contributed by atoms with Gasteiger partial charge >= 0.3 is 5.97 Å². The summed E-state index contributed by atoms with van der Waals surface area (Å²) in [5, 5.41) is 25.2. The van der Waals surface area contributed by atoms with Crippen molar-refractivity contribution in [1.82, 2.24) is 10.6 Å². The molecule has 4 amide bonds. The fourth-order valence-electron chi connectivity index (χ4n) is 5.46. The van der Waals surface area contributed by atoms with Crippen LogP contribution in [0.4, 0.5) is 11.4 Å². The number of nitrogens with one attached hydrogen (secondary N) is 2. The molecule has 2 unspecified atom stereocenters. The minimum Gasteiger partial charge on any atom is -0.507 e. The van der Waals surface area contributed by atoms with Crippen LogP contribution in [0.5, 0.6) is 5.75 Å². The molecule has 2 heterocycles. The lowest BCUT2D eigenvalue weighted by Crippen LogP contribution is -2.55. The number of aliphatic hydroxyl groups excluding tert-OH is 1. The highest BCUT2D eigenvalue weighted by atomic mass is 16.7. The van der Waals surface area contributed by atoms with Crippen LogP contribution in [0.1, 0.15) is 33.5 Å². The number of aryl methyl sites for hydroxylation is 2. The van der Waals surface area contributed by atoms with Gasteiger partial charge in [0.1, 0.15) is 31.0 Å². The molecule has 2 aliphatic heterocycles. The highest BCUT2D eigenvalue weighted by Gasteiger charge is 2.40. The van der Waals surface area contributed by atoms with E-state index in [0.717, 1.165) is 10.5 Å². The number of carbonyl (C=O) groups is 5. The van der Waals surface area contributed by atoms with Gasteiger partial charge in [0.2, 0.25) is 12.2 Å². The van der Waals surface area contributed by atoms with Gasteiger partial charge in [-0.1, -0.05) is 42.5 Å². The summed E-state index contributed by atoms with van der Waals surface area (Å²) < 4.78 is 11.0. The van der Waals surface area contributed by atoms with E-state index in [4.69, 9.17) is 9.47 Å². The van der Waals surface area contributed by atoms with Crippen molar-refractivity contribution in [2.24, 2.45) is 0 Å². The summed E-state index contributed by atoms with van der Waals surface area (Å²) in [6.07, 6.45) is -1.19. The number of nitrogens with zero attached hydrogens (tertiary/aromatic N) is 2. The predicted molar refractivity (Wildman–Crippen MR) is 165 cm³/mol. The molecule has 1 fully saturated rings. The number of aromatic hydroxyl groups is 1. The summed E-state index contributed by atoms with van der Waals surface area (Å²) in [6.45, 7) is 1.69. The van der Waals surface area contributed by atoms with Crippen molar-refractivity contribution in [2.75, 3.05) is 29.5 Å². The van der Waals surface area contributed by atoms with E-state index in [1.165, 1.54) is 17.0 Å². The van der Waals surface area contributed by atoms with Gasteiger partial charge < -0.3 is 35.2 Å². The molecule has 0 saturated carbocycles. The Hall–Kier alpha value is -5.27. The molecule has 13 nitrogen and oxygen atoms in total. The lowest BCUT2D eigenvalue weighted by Gasteiger charge is -2.26. The molecule has 3 aromatic rings. The molecule has 0 bridgehead atoms. The van der Waals surface area contributed by atoms with Gasteiger partial charge in [-0.2, -0.15) is 0 Å². The number of phenolic OH excluding ortho intramolecular Hbond substituents is 1. The first-order chi connectivity index (χ1) is 22.0. The lowest BCUT2D eigenvalue weighted by atomic mass is 10.0. The first-order valence-electron chi connectivity index (χ1n) is 14.6. The van der Waals surface area contributed by atoms with E-state index < -0.39 is 61.1 Å². The monoisotopic (exact) mass is 630 g/mol. The Labute approximate surface area is 264 Å². The molecule has 240 valence electrons. The highest BCUT2D eigenvalue weighted by molar-refractivity contribution is 6.11. The van der Waals surface area contributed by atoms with Crippen molar-refractivity contribution >= 4 is 41.0 Å². The molecule has 1 saturated heterocycles. The third-order valence-electron chi connectivity index (χ3n) is 7.76. The van der Waals surface area contributed by atoms with Gasteiger partial charge in [-0.15, -0.1) is 0 Å². The van der Waals surface area contributed by atoms with E-state index in [-0.39, 0.29) is 42.3 Å². The lowest BCUT2D eigenvalue weighted by molar-refractivity contribution is -0.168. The van der Waals surface area contributed by atoms with Crippen molar-refractivity contribution in [3.63, 3.8) is 0 Å². The van der Waals surface area contributed by atoms with Crippen LogP contribution < -0.4 is 20.4 Å². The number of rotatable bonds is 9. The zero-order valence-electron chi connectivity index (χ0n) is 25.3. The molecule has 3 atom stereocenters. The maximum Gasteiger partial charge on any atom is 0.310 e. The number of cyclic esters (lactones) is 1. The van der Waals surface area contributed by atoms with Crippen molar-refractivity contribution in [2.45, 2.75) is 45.2 Å². The van der Waals surface area contributed by atoms with Gasteiger partial charge in [0.25, 0.3) is 17.7 Å². The smallest absolute Gasteiger partial charge is 0.310 e. The summed E-state index contributed by atoms with van der Waals surface area (Å²) >= 11 is 0. The summed E-state index contributed by atoms with van der Waals surface area (Å²) in [5.74, 6) is -3.21. The maximum atomic E-state index is 14.1. The topological polar surface area (TPSA) is 175 Å². The third kappa shape index (κ3) is 7.00. The number of anilines is 2. The minimum atomic E-state index is -1.32. The van der Waals surface area contributed by atoms with E-state index in [9.17, 15) is 34.2 Å². The van der Waals surface area contributed by atoms with Gasteiger partial charge in [0, 0.05) is 5.56 Å². The Morgan fingerprint density at radius 3 is 2.28 bits per heavy atom. The van der Waals surface area contributed by atoms with Crippen LogP contribution >= 0.6 is 0 Å². The second kappa shape index (κ2) is 13.8. The second-order valence-corrected chi connectivity index (χ2v) is 11.1. The molecular weight excluding hydrogens is 596 g/mol. The van der Waals surface area contributed by atoms with Crippen LogP contribution in [-0.4, -0.2) is 77.9 Å². The Balaban J connectivity index is 1.38. The minimum absolute atomic E-state index is 0.0384. The van der Waals surface area contributed by atoms with Crippen LogP contribution in [0, 0.1) is 13.8 Å². The molecular formula is C33H34N4O9. The average Bonchev–Trinajstić information content (AvgIpc) is 3.35. The number of para-hydroxylation sites is 2. The van der Waals surface area contributed by atoms with E-state index in [2.05, 4.69) is 10.6 Å². The van der Waals surface area contributed by atoms with Crippen molar-refractivity contribution in [3.8, 4) is 5.75 Å². The van der Waals surface area contributed by atoms with Gasteiger partial charge in [-0.25, -0.2) is 0 Å². The number of carbonyl (C=O) groups excluding carboxylic acids is 5. The van der Waals surface area contributed by atoms with Crippen molar-refractivity contribution < 1.29 is 43.7 Å². The Morgan fingerprint density at radius 2 is 1.61 bits per heavy atom. The first-order valence-corrected chi connectivity index (χ1v) is 14.6.